The van der Waals surface area contributed by atoms with Crippen LogP contribution in [0.5, 0.6) is 17.2 Å². The van der Waals surface area contributed by atoms with Gasteiger partial charge in [0.2, 0.25) is 0 Å². The molecule has 2 rings (SSSR count). The van der Waals surface area contributed by atoms with Gasteiger partial charge in [0.15, 0.2) is 11.5 Å². The maximum Gasteiger partial charge on any atom is 1.00 e. The van der Waals surface area contributed by atoms with Crippen molar-refractivity contribution in [3.63, 3.8) is 0 Å². The molecular formula is C12H6Cl3NaO5S. The smallest absolute Gasteiger partial charge is 0.716 e. The van der Waals surface area contributed by atoms with Crippen LogP contribution in [0.1, 0.15) is 0 Å². The van der Waals surface area contributed by atoms with Crippen LogP contribution in [-0.4, -0.2) is 13.0 Å². The average molecular weight is 392 g/mol. The molecule has 0 bridgehead atoms. The molecule has 10 heteroatoms. The zero-order valence-corrected chi connectivity index (χ0v) is 16.1. The largest absolute Gasteiger partial charge is 1.00 e. The van der Waals surface area contributed by atoms with Gasteiger partial charge in [-0.15, -0.1) is 0 Å². The first kappa shape index (κ1) is 19.9. The van der Waals surface area contributed by atoms with Crippen molar-refractivity contribution in [3.8, 4) is 17.2 Å². The average Bonchev–Trinajstić information content (AvgIpc) is 2.33. The summed E-state index contributed by atoms with van der Waals surface area (Å²) in [5.74, 6) is -0.178. The molecule has 0 heterocycles. The molecular weight excluding hydrogens is 386 g/mol. The molecule has 0 atom stereocenters. The molecule has 22 heavy (non-hydrogen) atoms. The monoisotopic (exact) mass is 390 g/mol. The minimum Gasteiger partial charge on any atom is -0.716 e. The quantitative estimate of drug-likeness (QED) is 0.446. The molecule has 0 spiro atoms. The Bertz CT molecular complexity index is 782. The van der Waals surface area contributed by atoms with Gasteiger partial charge in [0.1, 0.15) is 5.75 Å². The molecule has 0 amide bonds. The van der Waals surface area contributed by atoms with Gasteiger partial charge in [-0.2, -0.15) is 0 Å². The summed E-state index contributed by atoms with van der Waals surface area (Å²) in [4.78, 5) is 0. The number of benzene rings is 2. The van der Waals surface area contributed by atoms with Gasteiger partial charge in [-0.25, -0.2) is 8.42 Å². The van der Waals surface area contributed by atoms with Crippen LogP contribution in [0.4, 0.5) is 0 Å². The molecule has 5 nitrogen and oxygen atoms in total. The number of ether oxygens (including phenoxy) is 1. The molecule has 0 aliphatic heterocycles. The zero-order valence-electron chi connectivity index (χ0n) is 11.0. The third-order valence-electron chi connectivity index (χ3n) is 2.21. The summed E-state index contributed by atoms with van der Waals surface area (Å²) in [6.45, 7) is 0. The summed E-state index contributed by atoms with van der Waals surface area (Å²) in [7, 11) is -4.97. The van der Waals surface area contributed by atoms with Crippen molar-refractivity contribution in [1.82, 2.24) is 0 Å². The van der Waals surface area contributed by atoms with Crippen LogP contribution >= 0.6 is 34.8 Å². The van der Waals surface area contributed by atoms with Crippen molar-refractivity contribution in [1.29, 1.82) is 0 Å². The van der Waals surface area contributed by atoms with Gasteiger partial charge in [0.25, 0.3) is 10.4 Å². The van der Waals surface area contributed by atoms with E-state index in [0.717, 1.165) is 6.07 Å². The first-order chi connectivity index (χ1) is 9.74. The summed E-state index contributed by atoms with van der Waals surface area (Å²) in [6.07, 6.45) is 0. The number of hydrogen-bond acceptors (Lipinski definition) is 5. The second-order valence-corrected chi connectivity index (χ2v) is 6.02. The maximum atomic E-state index is 10.7. The molecule has 2 aromatic rings. The van der Waals surface area contributed by atoms with Gasteiger partial charge < -0.3 is 13.5 Å². The summed E-state index contributed by atoms with van der Waals surface area (Å²) < 4.78 is 41.8. The van der Waals surface area contributed by atoms with Crippen LogP contribution in [-0.2, 0) is 10.4 Å². The molecule has 2 aromatic carbocycles. The Morgan fingerprint density at radius 3 is 1.95 bits per heavy atom. The number of rotatable bonds is 4. The van der Waals surface area contributed by atoms with Crippen molar-refractivity contribution in [2.45, 2.75) is 0 Å². The topological polar surface area (TPSA) is 75.7 Å². The summed E-state index contributed by atoms with van der Waals surface area (Å²) >= 11 is 17.4. The predicted octanol–water partition coefficient (Wildman–Crippen LogP) is 1.28. The van der Waals surface area contributed by atoms with E-state index in [1.165, 1.54) is 30.3 Å². The van der Waals surface area contributed by atoms with E-state index < -0.39 is 10.4 Å². The minimum atomic E-state index is -4.97. The normalized spacial score (nSPS) is 10.7. The van der Waals surface area contributed by atoms with E-state index in [0.29, 0.717) is 5.02 Å². The van der Waals surface area contributed by atoms with E-state index in [1.807, 2.05) is 0 Å². The number of hydrogen-bond donors (Lipinski definition) is 0. The zero-order chi connectivity index (χ0) is 15.6. The van der Waals surface area contributed by atoms with E-state index >= 15 is 0 Å². The summed E-state index contributed by atoms with van der Waals surface area (Å²) in [6, 6.07) is 8.37. The van der Waals surface area contributed by atoms with E-state index in [1.54, 1.807) is 0 Å². The van der Waals surface area contributed by atoms with E-state index in [-0.39, 0.29) is 56.9 Å². The van der Waals surface area contributed by atoms with Gasteiger partial charge in [-0.05, 0) is 30.3 Å². The van der Waals surface area contributed by atoms with Crippen LogP contribution in [0, 0.1) is 0 Å². The van der Waals surface area contributed by atoms with E-state index in [4.69, 9.17) is 39.5 Å². The second-order valence-electron chi connectivity index (χ2n) is 3.76. The van der Waals surface area contributed by atoms with Crippen LogP contribution in [0.25, 0.3) is 0 Å². The molecule has 0 radical (unpaired) electrons. The molecule has 0 saturated heterocycles. The number of halogens is 3. The van der Waals surface area contributed by atoms with Crippen molar-refractivity contribution < 1.29 is 51.4 Å². The third-order valence-corrected chi connectivity index (χ3v) is 3.36. The van der Waals surface area contributed by atoms with Gasteiger partial charge in [-0.1, -0.05) is 34.8 Å². The first-order valence-corrected chi connectivity index (χ1v) is 7.79. The molecule has 0 saturated carbocycles. The summed E-state index contributed by atoms with van der Waals surface area (Å²) in [5.41, 5.74) is 0. The Morgan fingerprint density at radius 1 is 0.864 bits per heavy atom. The van der Waals surface area contributed by atoms with Crippen LogP contribution in [0.2, 0.25) is 15.1 Å². The Hall–Kier alpha value is -0.180. The van der Waals surface area contributed by atoms with Gasteiger partial charge in [0, 0.05) is 16.1 Å². The molecule has 0 fully saturated rings. The van der Waals surface area contributed by atoms with Crippen LogP contribution in [0.15, 0.2) is 36.4 Å². The van der Waals surface area contributed by atoms with Crippen molar-refractivity contribution in [2.75, 3.05) is 0 Å². The Morgan fingerprint density at radius 2 is 1.41 bits per heavy atom. The fourth-order valence-corrected chi connectivity index (χ4v) is 2.38. The second kappa shape index (κ2) is 8.08. The fraction of sp³-hybridized carbons (Fsp3) is 0. The molecule has 0 N–H and O–H groups in total. The Kier molecular flexibility index (Phi) is 7.29. The summed E-state index contributed by atoms with van der Waals surface area (Å²) in [5, 5.41) is 0.777. The van der Waals surface area contributed by atoms with E-state index in [9.17, 15) is 13.0 Å². The first-order valence-electron chi connectivity index (χ1n) is 5.32. The van der Waals surface area contributed by atoms with Crippen molar-refractivity contribution in [2.24, 2.45) is 0 Å². The SMILES string of the molecule is O=S(=O)([O-])Oc1cc(Cl)ccc1Oc1ccc(Cl)cc1Cl.[Na+]. The van der Waals surface area contributed by atoms with Crippen molar-refractivity contribution in [3.05, 3.63) is 51.5 Å². The molecule has 112 valence electrons. The molecule has 0 aliphatic rings. The predicted molar refractivity (Wildman–Crippen MR) is 78.3 cm³/mol. The standard InChI is InChI=1S/C12H7Cl3O5S.Na/c13-7-1-3-10(9(15)5-7)19-11-4-2-8(14)6-12(11)20-21(16,17)18;/h1-6H,(H,16,17,18);/q;+1/p-1. The van der Waals surface area contributed by atoms with E-state index in [2.05, 4.69) is 4.18 Å². The molecule has 0 aliphatic carbocycles. The van der Waals surface area contributed by atoms with Gasteiger partial charge in [-0.3, -0.25) is 0 Å². The minimum absolute atomic E-state index is 0. The fourth-order valence-electron chi connectivity index (χ4n) is 1.42. The van der Waals surface area contributed by atoms with Crippen LogP contribution in [0.3, 0.4) is 0 Å². The van der Waals surface area contributed by atoms with Crippen molar-refractivity contribution >= 4 is 45.2 Å². The third kappa shape index (κ3) is 5.79. The Balaban J connectivity index is 0.00000242. The molecule has 0 aromatic heterocycles. The van der Waals surface area contributed by atoms with Gasteiger partial charge in [0.05, 0.1) is 5.02 Å². The van der Waals surface area contributed by atoms with Gasteiger partial charge >= 0.3 is 29.6 Å². The maximum absolute atomic E-state index is 10.7. The van der Waals surface area contributed by atoms with Crippen LogP contribution < -0.4 is 38.5 Å². The Labute approximate surface area is 164 Å². The molecule has 0 unspecified atom stereocenters.